The molecule has 0 aromatic heterocycles. The summed E-state index contributed by atoms with van der Waals surface area (Å²) in [6, 6.07) is 10.7. The zero-order valence-electron chi connectivity index (χ0n) is 18.0. The van der Waals surface area contributed by atoms with Crippen molar-refractivity contribution in [2.75, 3.05) is 43.1 Å². The molecule has 0 unspecified atom stereocenters. The third kappa shape index (κ3) is 6.46. The number of carbonyl (C=O) groups is 2. The smallest absolute Gasteiger partial charge is 0.338 e. The minimum atomic E-state index is -0.580. The van der Waals surface area contributed by atoms with Gasteiger partial charge in [-0.2, -0.15) is 0 Å². The van der Waals surface area contributed by atoms with Crippen LogP contribution in [0, 0.1) is 10.1 Å². The van der Waals surface area contributed by atoms with E-state index < -0.39 is 16.8 Å². The van der Waals surface area contributed by atoms with Gasteiger partial charge in [-0.15, -0.1) is 0 Å². The molecule has 10 nitrogen and oxygen atoms in total. The number of nitrogens with one attached hydrogen (secondary N) is 2. The van der Waals surface area contributed by atoms with E-state index in [4.69, 9.17) is 21.7 Å². The zero-order valence-corrected chi connectivity index (χ0v) is 18.9. The van der Waals surface area contributed by atoms with E-state index in [1.54, 1.807) is 30.3 Å². The number of benzene rings is 2. The lowest BCUT2D eigenvalue weighted by Crippen LogP contribution is -2.37. The number of carbonyl (C=O) groups excluding carboxylic acids is 2. The Hall–Kier alpha value is -3.57. The third-order valence-corrected chi connectivity index (χ3v) is 5.03. The Morgan fingerprint density at radius 1 is 1.15 bits per heavy atom. The number of hydrogen-bond acceptors (Lipinski definition) is 8. The SMILES string of the molecule is CCCOC(=O)c1ccc(NC(=S)NC(=O)c2ccc(N3CCOCC3)c([N+](=O)[O-])c2)cc1. The highest BCUT2D eigenvalue weighted by atomic mass is 32.1. The normalized spacial score (nSPS) is 13.2. The minimum Gasteiger partial charge on any atom is -0.462 e. The zero-order chi connectivity index (χ0) is 23.8. The summed E-state index contributed by atoms with van der Waals surface area (Å²) in [7, 11) is 0. The fourth-order valence-electron chi connectivity index (χ4n) is 3.19. The van der Waals surface area contributed by atoms with Crippen molar-refractivity contribution in [3.63, 3.8) is 0 Å². The molecular formula is C22H24N4O6S. The van der Waals surface area contributed by atoms with Crippen LogP contribution in [0.15, 0.2) is 42.5 Å². The fraction of sp³-hybridized carbons (Fsp3) is 0.318. The fourth-order valence-corrected chi connectivity index (χ4v) is 3.40. The van der Waals surface area contributed by atoms with Crippen LogP contribution in [-0.2, 0) is 9.47 Å². The Labute approximate surface area is 196 Å². The van der Waals surface area contributed by atoms with Crippen LogP contribution >= 0.6 is 12.2 Å². The number of nitro benzene ring substituents is 1. The number of morpholine rings is 1. The molecule has 33 heavy (non-hydrogen) atoms. The van der Waals surface area contributed by atoms with E-state index in [-0.39, 0.29) is 16.4 Å². The number of thiocarbonyl (C=S) groups is 1. The molecule has 1 heterocycles. The van der Waals surface area contributed by atoms with Gasteiger partial charge in [0.25, 0.3) is 11.6 Å². The van der Waals surface area contributed by atoms with Crippen molar-refractivity contribution in [1.82, 2.24) is 5.32 Å². The first-order valence-corrected chi connectivity index (χ1v) is 10.8. The summed E-state index contributed by atoms with van der Waals surface area (Å²) in [5.74, 6) is -0.995. The predicted molar refractivity (Wildman–Crippen MR) is 127 cm³/mol. The molecule has 1 fully saturated rings. The molecule has 1 saturated heterocycles. The van der Waals surface area contributed by atoms with Crippen molar-refractivity contribution >= 4 is 46.3 Å². The van der Waals surface area contributed by atoms with Crippen molar-refractivity contribution in [3.05, 3.63) is 63.7 Å². The maximum atomic E-state index is 12.6. The van der Waals surface area contributed by atoms with Crippen LogP contribution in [-0.4, -0.2) is 54.8 Å². The molecule has 2 aromatic rings. The average molecular weight is 473 g/mol. The van der Waals surface area contributed by atoms with Crippen LogP contribution in [0.3, 0.4) is 0 Å². The third-order valence-electron chi connectivity index (χ3n) is 4.83. The molecule has 2 aromatic carbocycles. The molecule has 0 aliphatic carbocycles. The van der Waals surface area contributed by atoms with Crippen molar-refractivity contribution in [2.45, 2.75) is 13.3 Å². The Morgan fingerprint density at radius 2 is 1.82 bits per heavy atom. The highest BCUT2D eigenvalue weighted by Crippen LogP contribution is 2.30. The highest BCUT2D eigenvalue weighted by Gasteiger charge is 2.23. The largest absolute Gasteiger partial charge is 0.462 e. The summed E-state index contributed by atoms with van der Waals surface area (Å²) in [6.07, 6.45) is 0.735. The van der Waals surface area contributed by atoms with E-state index in [0.717, 1.165) is 6.42 Å². The number of nitrogens with zero attached hydrogens (tertiary/aromatic N) is 2. The number of nitro groups is 1. The topological polar surface area (TPSA) is 123 Å². The molecule has 174 valence electrons. The lowest BCUT2D eigenvalue weighted by atomic mass is 10.1. The monoisotopic (exact) mass is 472 g/mol. The van der Waals surface area contributed by atoms with Gasteiger partial charge in [-0.25, -0.2) is 4.79 Å². The van der Waals surface area contributed by atoms with Gasteiger partial charge in [-0.05, 0) is 55.0 Å². The van der Waals surface area contributed by atoms with Gasteiger partial charge in [0.2, 0.25) is 0 Å². The summed E-state index contributed by atoms with van der Waals surface area (Å²) < 4.78 is 10.4. The first kappa shape index (κ1) is 24.1. The summed E-state index contributed by atoms with van der Waals surface area (Å²) in [6.45, 7) is 4.30. The standard InChI is InChI=1S/C22H24N4O6S/c1-2-11-32-21(28)15-3-6-17(7-4-15)23-22(33)24-20(27)16-5-8-18(19(14-16)26(29)30)25-9-12-31-13-10-25/h3-8,14H,2,9-13H2,1H3,(H2,23,24,27,33). The Kier molecular flexibility index (Phi) is 8.28. The van der Waals surface area contributed by atoms with E-state index in [2.05, 4.69) is 10.6 Å². The molecule has 0 atom stereocenters. The van der Waals surface area contributed by atoms with Crippen molar-refractivity contribution in [3.8, 4) is 0 Å². The number of rotatable bonds is 7. The predicted octanol–water partition coefficient (Wildman–Crippen LogP) is 3.13. The molecule has 0 radical (unpaired) electrons. The van der Waals surface area contributed by atoms with E-state index in [0.29, 0.717) is 49.8 Å². The number of anilines is 2. The summed E-state index contributed by atoms with van der Waals surface area (Å²) >= 11 is 5.18. The molecular weight excluding hydrogens is 448 g/mol. The molecule has 3 rings (SSSR count). The van der Waals surface area contributed by atoms with Crippen LogP contribution in [0.5, 0.6) is 0 Å². The van der Waals surface area contributed by atoms with Gasteiger partial charge in [0.1, 0.15) is 5.69 Å². The van der Waals surface area contributed by atoms with Crippen LogP contribution in [0.1, 0.15) is 34.1 Å². The molecule has 0 bridgehead atoms. The summed E-state index contributed by atoms with van der Waals surface area (Å²) in [4.78, 5) is 37.4. The van der Waals surface area contributed by atoms with Gasteiger partial charge < -0.3 is 19.7 Å². The van der Waals surface area contributed by atoms with Gasteiger partial charge in [0, 0.05) is 30.4 Å². The number of hydrogen-bond donors (Lipinski definition) is 2. The molecule has 2 N–H and O–H groups in total. The van der Waals surface area contributed by atoms with Crippen LogP contribution in [0.4, 0.5) is 17.1 Å². The number of amides is 1. The first-order chi connectivity index (χ1) is 15.9. The summed E-state index contributed by atoms with van der Waals surface area (Å²) in [5.41, 5.74) is 1.35. The lowest BCUT2D eigenvalue weighted by Gasteiger charge is -2.28. The second kappa shape index (κ2) is 11.3. The molecule has 0 saturated carbocycles. The van der Waals surface area contributed by atoms with E-state index in [1.165, 1.54) is 12.1 Å². The quantitative estimate of drug-likeness (QED) is 0.271. The van der Waals surface area contributed by atoms with Gasteiger partial charge in [-0.3, -0.25) is 20.2 Å². The van der Waals surface area contributed by atoms with Gasteiger partial charge in [0.05, 0.1) is 30.3 Å². The number of esters is 1. The molecule has 1 amide bonds. The highest BCUT2D eigenvalue weighted by molar-refractivity contribution is 7.80. The second-order valence-electron chi connectivity index (χ2n) is 7.18. The Bertz CT molecular complexity index is 1040. The molecule has 1 aliphatic heterocycles. The maximum absolute atomic E-state index is 12.6. The Balaban J connectivity index is 1.63. The van der Waals surface area contributed by atoms with Crippen molar-refractivity contribution in [1.29, 1.82) is 0 Å². The molecule has 1 aliphatic rings. The second-order valence-corrected chi connectivity index (χ2v) is 7.59. The van der Waals surface area contributed by atoms with E-state index >= 15 is 0 Å². The van der Waals surface area contributed by atoms with E-state index in [9.17, 15) is 19.7 Å². The van der Waals surface area contributed by atoms with Crippen LogP contribution in [0.25, 0.3) is 0 Å². The molecule has 0 spiro atoms. The average Bonchev–Trinajstić information content (AvgIpc) is 2.83. The first-order valence-electron chi connectivity index (χ1n) is 10.4. The maximum Gasteiger partial charge on any atom is 0.338 e. The van der Waals surface area contributed by atoms with Crippen molar-refractivity contribution in [2.24, 2.45) is 0 Å². The number of ether oxygens (including phenoxy) is 2. The van der Waals surface area contributed by atoms with E-state index in [1.807, 2.05) is 11.8 Å². The summed E-state index contributed by atoms with van der Waals surface area (Å²) in [5, 5.41) is 16.9. The Morgan fingerprint density at radius 3 is 2.45 bits per heavy atom. The van der Waals surface area contributed by atoms with Crippen molar-refractivity contribution < 1.29 is 24.0 Å². The van der Waals surface area contributed by atoms with Gasteiger partial charge >= 0.3 is 5.97 Å². The van der Waals surface area contributed by atoms with Gasteiger partial charge in [0.15, 0.2) is 5.11 Å². The van der Waals surface area contributed by atoms with Crippen LogP contribution < -0.4 is 15.5 Å². The lowest BCUT2D eigenvalue weighted by molar-refractivity contribution is -0.384. The van der Waals surface area contributed by atoms with Crippen LogP contribution in [0.2, 0.25) is 0 Å². The minimum absolute atomic E-state index is 0.0150. The molecule has 11 heteroatoms. The van der Waals surface area contributed by atoms with Gasteiger partial charge in [-0.1, -0.05) is 6.92 Å².